The molecule has 1 aromatic carbocycles. The molecule has 90 valence electrons. The number of nitrogens with one attached hydrogen (secondary N) is 1. The van der Waals surface area contributed by atoms with E-state index in [0.29, 0.717) is 18.9 Å². The molecule has 17 heavy (non-hydrogen) atoms. The first-order valence-electron chi connectivity index (χ1n) is 5.08. The van der Waals surface area contributed by atoms with Crippen molar-refractivity contribution in [3.05, 3.63) is 41.8 Å². The Morgan fingerprint density at radius 2 is 2.29 bits per heavy atom. The van der Waals surface area contributed by atoms with E-state index in [4.69, 9.17) is 4.74 Å². The Kier molecular flexibility index (Phi) is 3.66. The lowest BCUT2D eigenvalue weighted by molar-refractivity contribution is 0.386. The highest BCUT2D eigenvalue weighted by molar-refractivity contribution is 5.29. The molecule has 0 saturated heterocycles. The number of hydrogen-bond donors (Lipinski definition) is 1. The average Bonchev–Trinajstić information content (AvgIpc) is 2.82. The third-order valence-corrected chi connectivity index (χ3v) is 2.24. The summed E-state index contributed by atoms with van der Waals surface area (Å²) in [5.74, 6) is 0.442. The molecule has 5 nitrogen and oxygen atoms in total. The number of aromatic nitrogens is 2. The Balaban J connectivity index is 1.89. The SMILES string of the molecule is COc1ccc(CNCc2ncon2)cc1F. The summed E-state index contributed by atoms with van der Waals surface area (Å²) in [6.07, 6.45) is 1.27. The molecule has 0 saturated carbocycles. The van der Waals surface area contributed by atoms with Gasteiger partial charge in [-0.25, -0.2) is 4.39 Å². The summed E-state index contributed by atoms with van der Waals surface area (Å²) in [4.78, 5) is 3.86. The lowest BCUT2D eigenvalue weighted by atomic mass is 10.2. The quantitative estimate of drug-likeness (QED) is 0.854. The van der Waals surface area contributed by atoms with Gasteiger partial charge in [0.2, 0.25) is 6.39 Å². The highest BCUT2D eigenvalue weighted by Gasteiger charge is 2.03. The highest BCUT2D eigenvalue weighted by Crippen LogP contribution is 2.17. The molecule has 0 spiro atoms. The summed E-state index contributed by atoms with van der Waals surface area (Å²) in [6.45, 7) is 1.000. The second-order valence-electron chi connectivity index (χ2n) is 3.42. The number of hydrogen-bond acceptors (Lipinski definition) is 5. The van der Waals surface area contributed by atoms with Crippen molar-refractivity contribution in [3.8, 4) is 5.75 Å². The largest absolute Gasteiger partial charge is 0.494 e. The van der Waals surface area contributed by atoms with Crippen LogP contribution in [0.15, 0.2) is 29.1 Å². The Morgan fingerprint density at radius 1 is 1.41 bits per heavy atom. The lowest BCUT2D eigenvalue weighted by Crippen LogP contribution is -2.13. The monoisotopic (exact) mass is 237 g/mol. The van der Waals surface area contributed by atoms with Crippen LogP contribution in [0.3, 0.4) is 0 Å². The smallest absolute Gasteiger partial charge is 0.213 e. The number of nitrogens with zero attached hydrogens (tertiary/aromatic N) is 2. The van der Waals surface area contributed by atoms with Gasteiger partial charge in [0.15, 0.2) is 17.4 Å². The Bertz CT molecular complexity index is 474. The van der Waals surface area contributed by atoms with Crippen LogP contribution in [-0.2, 0) is 13.1 Å². The minimum Gasteiger partial charge on any atom is -0.494 e. The summed E-state index contributed by atoms with van der Waals surface area (Å²) in [5, 5.41) is 6.73. The van der Waals surface area contributed by atoms with Crippen molar-refractivity contribution in [2.75, 3.05) is 7.11 Å². The second-order valence-corrected chi connectivity index (χ2v) is 3.42. The molecule has 2 rings (SSSR count). The van der Waals surface area contributed by atoms with Crippen LogP contribution in [0.2, 0.25) is 0 Å². The van der Waals surface area contributed by atoms with E-state index in [-0.39, 0.29) is 11.6 Å². The van der Waals surface area contributed by atoms with Crippen LogP contribution in [0.1, 0.15) is 11.4 Å². The van der Waals surface area contributed by atoms with E-state index in [9.17, 15) is 4.39 Å². The van der Waals surface area contributed by atoms with Crippen molar-refractivity contribution in [1.29, 1.82) is 0 Å². The molecular weight excluding hydrogens is 225 g/mol. The van der Waals surface area contributed by atoms with Crippen LogP contribution >= 0.6 is 0 Å². The molecule has 2 aromatic rings. The molecule has 0 aliphatic heterocycles. The third-order valence-electron chi connectivity index (χ3n) is 2.24. The van der Waals surface area contributed by atoms with E-state index >= 15 is 0 Å². The topological polar surface area (TPSA) is 60.2 Å². The Morgan fingerprint density at radius 3 is 2.94 bits per heavy atom. The molecule has 0 fully saturated rings. The zero-order chi connectivity index (χ0) is 12.1. The first kappa shape index (κ1) is 11.5. The van der Waals surface area contributed by atoms with E-state index in [1.54, 1.807) is 12.1 Å². The molecule has 1 aromatic heterocycles. The number of rotatable bonds is 5. The summed E-state index contributed by atoms with van der Waals surface area (Å²) < 4.78 is 22.8. The number of halogens is 1. The van der Waals surface area contributed by atoms with E-state index in [1.165, 1.54) is 19.6 Å². The van der Waals surface area contributed by atoms with Gasteiger partial charge in [0.1, 0.15) is 0 Å². The number of benzene rings is 1. The lowest BCUT2D eigenvalue weighted by Gasteiger charge is -2.05. The maximum atomic E-state index is 13.4. The first-order chi connectivity index (χ1) is 8.29. The molecule has 0 bridgehead atoms. The molecule has 0 aliphatic carbocycles. The summed E-state index contributed by atoms with van der Waals surface area (Å²) in [7, 11) is 1.44. The highest BCUT2D eigenvalue weighted by atomic mass is 19.1. The Hall–Kier alpha value is -1.95. The van der Waals surface area contributed by atoms with Crippen LogP contribution in [0.4, 0.5) is 4.39 Å². The molecule has 6 heteroatoms. The van der Waals surface area contributed by atoms with Gasteiger partial charge in [-0.05, 0) is 17.7 Å². The van der Waals surface area contributed by atoms with Crippen molar-refractivity contribution in [2.45, 2.75) is 13.1 Å². The zero-order valence-electron chi connectivity index (χ0n) is 9.31. The predicted molar refractivity (Wildman–Crippen MR) is 57.8 cm³/mol. The van der Waals surface area contributed by atoms with E-state index < -0.39 is 0 Å². The standard InChI is InChI=1S/C11H12FN3O2/c1-16-10-3-2-8(4-9(10)12)5-13-6-11-14-7-17-15-11/h2-4,7,13H,5-6H2,1H3. The molecule has 0 amide bonds. The van der Waals surface area contributed by atoms with Crippen LogP contribution < -0.4 is 10.1 Å². The van der Waals surface area contributed by atoms with Crippen molar-refractivity contribution in [2.24, 2.45) is 0 Å². The first-order valence-corrected chi connectivity index (χ1v) is 5.08. The molecule has 1 heterocycles. The summed E-state index contributed by atoms with van der Waals surface area (Å²) in [5.41, 5.74) is 0.826. The second kappa shape index (κ2) is 5.40. The maximum Gasteiger partial charge on any atom is 0.213 e. The van der Waals surface area contributed by atoms with Gasteiger partial charge in [-0.1, -0.05) is 11.2 Å². The summed E-state index contributed by atoms with van der Waals surface area (Å²) >= 11 is 0. The predicted octanol–water partition coefficient (Wildman–Crippen LogP) is 1.51. The maximum absolute atomic E-state index is 13.4. The fourth-order valence-corrected chi connectivity index (χ4v) is 1.41. The van der Waals surface area contributed by atoms with E-state index in [1.807, 2.05) is 0 Å². The van der Waals surface area contributed by atoms with E-state index in [0.717, 1.165) is 5.56 Å². The van der Waals surface area contributed by atoms with Crippen LogP contribution in [0, 0.1) is 5.82 Å². The van der Waals surface area contributed by atoms with Gasteiger partial charge in [0.05, 0.1) is 13.7 Å². The molecular formula is C11H12FN3O2. The van der Waals surface area contributed by atoms with Crippen LogP contribution in [0.5, 0.6) is 5.75 Å². The van der Waals surface area contributed by atoms with Crippen molar-refractivity contribution < 1.29 is 13.7 Å². The molecule has 0 atom stereocenters. The Labute approximate surface area is 97.6 Å². The minimum absolute atomic E-state index is 0.243. The fraction of sp³-hybridized carbons (Fsp3) is 0.273. The minimum atomic E-state index is -0.369. The van der Waals surface area contributed by atoms with E-state index in [2.05, 4.69) is 20.0 Å². The van der Waals surface area contributed by atoms with Crippen molar-refractivity contribution in [1.82, 2.24) is 15.5 Å². The van der Waals surface area contributed by atoms with Crippen molar-refractivity contribution in [3.63, 3.8) is 0 Å². The van der Waals surface area contributed by atoms with Gasteiger partial charge in [-0.2, -0.15) is 4.98 Å². The van der Waals surface area contributed by atoms with Gasteiger partial charge < -0.3 is 14.6 Å². The van der Waals surface area contributed by atoms with Gasteiger partial charge in [-0.3, -0.25) is 0 Å². The van der Waals surface area contributed by atoms with Crippen LogP contribution in [-0.4, -0.2) is 17.3 Å². The molecule has 0 radical (unpaired) electrons. The van der Waals surface area contributed by atoms with Crippen LogP contribution in [0.25, 0.3) is 0 Å². The fourth-order valence-electron chi connectivity index (χ4n) is 1.41. The normalized spacial score (nSPS) is 10.5. The van der Waals surface area contributed by atoms with Gasteiger partial charge in [0.25, 0.3) is 0 Å². The van der Waals surface area contributed by atoms with Crippen molar-refractivity contribution >= 4 is 0 Å². The molecule has 0 unspecified atom stereocenters. The zero-order valence-corrected chi connectivity index (χ0v) is 9.31. The van der Waals surface area contributed by atoms with Gasteiger partial charge in [0, 0.05) is 6.54 Å². The average molecular weight is 237 g/mol. The summed E-state index contributed by atoms with van der Waals surface area (Å²) in [6, 6.07) is 4.83. The van der Waals surface area contributed by atoms with Gasteiger partial charge in [-0.15, -0.1) is 0 Å². The van der Waals surface area contributed by atoms with Gasteiger partial charge >= 0.3 is 0 Å². The molecule has 1 N–H and O–H groups in total. The number of methoxy groups -OCH3 is 1. The molecule has 0 aliphatic rings. The third kappa shape index (κ3) is 3.01. The number of ether oxygens (including phenoxy) is 1.